The van der Waals surface area contributed by atoms with Gasteiger partial charge in [0.25, 0.3) is 0 Å². The van der Waals surface area contributed by atoms with Crippen LogP contribution in [0, 0.1) is 0 Å². The number of nitrogens with one attached hydrogen (secondary N) is 2. The summed E-state index contributed by atoms with van der Waals surface area (Å²) in [4.78, 5) is 47.5. The van der Waals surface area contributed by atoms with Gasteiger partial charge in [0.1, 0.15) is 12.3 Å². The number of likely N-dealkylation sites (N-methyl/N-ethyl adjacent to an activating group) is 2. The highest BCUT2D eigenvalue weighted by atomic mass is 19.1. The quantitative estimate of drug-likeness (QED) is 0.534. The molecular weight excluding hydrogens is 509 g/mol. The first-order valence-corrected chi connectivity index (χ1v) is 13.3. The van der Waals surface area contributed by atoms with Gasteiger partial charge in [-0.05, 0) is 45.7 Å². The van der Waals surface area contributed by atoms with Crippen molar-refractivity contribution in [2.45, 2.75) is 56.5 Å². The normalized spacial score (nSPS) is 23.6. The molecule has 2 N–H and O–H groups in total. The number of aromatic nitrogens is 4. The third-order valence-electron chi connectivity index (χ3n) is 7.04. The number of nitrogens with zero attached hydrogens (tertiary/aromatic N) is 7. The van der Waals surface area contributed by atoms with Gasteiger partial charge in [0.05, 0.1) is 18.4 Å². The van der Waals surface area contributed by atoms with E-state index < -0.39 is 24.3 Å². The molecule has 0 spiro atoms. The number of carbonyl (C=O) groups is 2. The number of anilines is 2. The summed E-state index contributed by atoms with van der Waals surface area (Å²) in [6, 6.07) is 0.238. The fourth-order valence-corrected chi connectivity index (χ4v) is 4.71. The Kier molecular flexibility index (Phi) is 8.19. The Morgan fingerprint density at radius 1 is 1.08 bits per heavy atom. The van der Waals surface area contributed by atoms with Crippen LogP contribution in [0.4, 0.5) is 25.7 Å². The summed E-state index contributed by atoms with van der Waals surface area (Å²) in [6.45, 7) is 2.28. The number of likely N-dealkylation sites (tertiary alicyclic amines) is 1. The first-order chi connectivity index (χ1) is 18.8. The van der Waals surface area contributed by atoms with Crippen LogP contribution in [0.2, 0.25) is 0 Å². The third-order valence-corrected chi connectivity index (χ3v) is 7.04. The molecule has 5 rings (SSSR count). The molecule has 2 aliphatic heterocycles. The predicted molar refractivity (Wildman–Crippen MR) is 140 cm³/mol. The lowest BCUT2D eigenvalue weighted by molar-refractivity contribution is 0.133. The average molecular weight is 544 g/mol. The molecule has 0 radical (unpaired) electrons. The van der Waals surface area contributed by atoms with E-state index in [0.29, 0.717) is 18.4 Å². The maximum absolute atomic E-state index is 15.0. The van der Waals surface area contributed by atoms with Crippen molar-refractivity contribution in [1.82, 2.24) is 35.1 Å². The van der Waals surface area contributed by atoms with Crippen molar-refractivity contribution in [1.29, 1.82) is 0 Å². The molecule has 4 heterocycles. The summed E-state index contributed by atoms with van der Waals surface area (Å²) in [5, 5.41) is 5.53. The van der Waals surface area contributed by atoms with Crippen LogP contribution in [0.25, 0.3) is 0 Å². The Bertz CT molecular complexity index is 1150. The van der Waals surface area contributed by atoms with Crippen molar-refractivity contribution in [3.05, 3.63) is 24.7 Å². The molecule has 1 aliphatic carbocycles. The van der Waals surface area contributed by atoms with Crippen LogP contribution in [-0.4, -0.2) is 106 Å². The Morgan fingerprint density at radius 2 is 1.92 bits per heavy atom. The summed E-state index contributed by atoms with van der Waals surface area (Å²) >= 11 is 0. The van der Waals surface area contributed by atoms with Crippen molar-refractivity contribution < 1.29 is 23.5 Å². The maximum atomic E-state index is 15.0. The van der Waals surface area contributed by atoms with E-state index in [1.54, 1.807) is 4.90 Å². The molecule has 0 unspecified atom stereocenters. The van der Waals surface area contributed by atoms with Crippen LogP contribution in [0.5, 0.6) is 11.8 Å². The van der Waals surface area contributed by atoms with Gasteiger partial charge in [-0.15, -0.1) is 0 Å². The Labute approximate surface area is 226 Å². The van der Waals surface area contributed by atoms with Gasteiger partial charge < -0.3 is 29.5 Å². The predicted octanol–water partition coefficient (Wildman–Crippen LogP) is 2.07. The van der Waals surface area contributed by atoms with Gasteiger partial charge in [-0.2, -0.15) is 4.98 Å². The number of piperidine rings is 2. The van der Waals surface area contributed by atoms with E-state index >= 15 is 0 Å². The number of ether oxygens (including phenoxy) is 2. The molecule has 3 amide bonds. The molecule has 2 saturated heterocycles. The minimum atomic E-state index is -1.24. The van der Waals surface area contributed by atoms with Crippen molar-refractivity contribution in [2.75, 3.05) is 50.5 Å². The summed E-state index contributed by atoms with van der Waals surface area (Å²) in [5.74, 6) is 1.03. The van der Waals surface area contributed by atoms with Crippen molar-refractivity contribution in [2.24, 2.45) is 0 Å². The molecule has 2 aromatic rings. The summed E-state index contributed by atoms with van der Waals surface area (Å²) in [7, 11) is 3.54. The van der Waals surface area contributed by atoms with E-state index in [9.17, 15) is 14.0 Å². The summed E-state index contributed by atoms with van der Waals surface area (Å²) in [6.07, 6.45) is 6.81. The number of carbonyl (C=O) groups excluding carboxylic acids is 2. The number of urea groups is 1. The Balaban J connectivity index is 1.16. The van der Waals surface area contributed by atoms with E-state index in [1.807, 2.05) is 7.05 Å². The van der Waals surface area contributed by atoms with Gasteiger partial charge in [-0.3, -0.25) is 5.32 Å². The first kappa shape index (κ1) is 26.8. The molecule has 1 saturated carbocycles. The van der Waals surface area contributed by atoms with Gasteiger partial charge >= 0.3 is 12.1 Å². The largest absolute Gasteiger partial charge is 0.473 e. The SMILES string of the molecule is CN1CCC[C@H](NC(=O)Oc2ccnc(N3CC[C@@H](F)[C@@H](N(C)C(=O)Nc4cnc(OC5CC5)cn4)C3)n2)C1. The van der Waals surface area contributed by atoms with E-state index in [4.69, 9.17) is 9.47 Å². The monoisotopic (exact) mass is 543 g/mol. The Hall–Kier alpha value is -3.81. The zero-order chi connectivity index (χ0) is 27.4. The molecule has 3 aliphatic rings. The zero-order valence-corrected chi connectivity index (χ0v) is 22.1. The van der Waals surface area contributed by atoms with Crippen LogP contribution >= 0.6 is 0 Å². The van der Waals surface area contributed by atoms with Gasteiger partial charge in [0, 0.05) is 45.0 Å². The number of amides is 3. The number of alkyl halides is 1. The second kappa shape index (κ2) is 11.9. The van der Waals surface area contributed by atoms with Crippen LogP contribution in [-0.2, 0) is 0 Å². The van der Waals surface area contributed by atoms with E-state index in [-0.39, 0.29) is 36.8 Å². The highest BCUT2D eigenvalue weighted by Gasteiger charge is 2.35. The Morgan fingerprint density at radius 3 is 2.67 bits per heavy atom. The van der Waals surface area contributed by atoms with E-state index in [0.717, 1.165) is 38.8 Å². The maximum Gasteiger partial charge on any atom is 0.414 e. The third kappa shape index (κ3) is 7.19. The number of hydrogen-bond acceptors (Lipinski definition) is 10. The van der Waals surface area contributed by atoms with Gasteiger partial charge in [-0.1, -0.05) is 0 Å². The van der Waals surface area contributed by atoms with Gasteiger partial charge in [0.2, 0.25) is 17.7 Å². The lowest BCUT2D eigenvalue weighted by Gasteiger charge is -2.39. The first-order valence-electron chi connectivity index (χ1n) is 13.3. The molecule has 3 atom stereocenters. The molecule has 2 aromatic heterocycles. The smallest absolute Gasteiger partial charge is 0.414 e. The standard InChI is InChI=1S/C25H34FN9O4/c1-33-10-3-4-16(14-33)30-25(37)39-21-7-9-27-23(32-21)35-11-8-18(26)19(15-35)34(2)24(36)31-20-12-29-22(13-28-20)38-17-5-6-17/h7,9,12-13,16-19H,3-6,8,10-11,14-15H2,1-2H3,(H,30,37)(H,28,31,36)/t16-,18+,19-/m0/s1. The minimum absolute atomic E-state index is 0.0172. The van der Waals surface area contributed by atoms with Crippen LogP contribution < -0.4 is 25.0 Å². The molecule has 210 valence electrons. The summed E-state index contributed by atoms with van der Waals surface area (Å²) in [5.41, 5.74) is 0. The van der Waals surface area contributed by atoms with Crippen molar-refractivity contribution in [3.63, 3.8) is 0 Å². The lowest BCUT2D eigenvalue weighted by Crippen LogP contribution is -2.55. The summed E-state index contributed by atoms with van der Waals surface area (Å²) < 4.78 is 25.9. The number of hydrogen-bond donors (Lipinski definition) is 2. The zero-order valence-electron chi connectivity index (χ0n) is 22.1. The highest BCUT2D eigenvalue weighted by molar-refractivity contribution is 5.88. The molecule has 0 aromatic carbocycles. The molecule has 0 bridgehead atoms. The second-order valence-electron chi connectivity index (χ2n) is 10.2. The van der Waals surface area contributed by atoms with Crippen molar-refractivity contribution in [3.8, 4) is 11.8 Å². The molecular formula is C25H34FN9O4. The highest BCUT2D eigenvalue weighted by Crippen LogP contribution is 2.26. The van der Waals surface area contributed by atoms with Crippen LogP contribution in [0.3, 0.4) is 0 Å². The lowest BCUT2D eigenvalue weighted by atomic mass is 10.0. The molecule has 13 nitrogen and oxygen atoms in total. The molecule has 39 heavy (non-hydrogen) atoms. The topological polar surface area (TPSA) is 138 Å². The molecule has 3 fully saturated rings. The number of halogens is 1. The average Bonchev–Trinajstić information content (AvgIpc) is 3.74. The molecule has 14 heteroatoms. The van der Waals surface area contributed by atoms with Gasteiger partial charge in [-0.25, -0.2) is 28.9 Å². The minimum Gasteiger partial charge on any atom is -0.473 e. The van der Waals surface area contributed by atoms with Crippen LogP contribution in [0.15, 0.2) is 24.7 Å². The van der Waals surface area contributed by atoms with Crippen molar-refractivity contribution >= 4 is 23.9 Å². The van der Waals surface area contributed by atoms with Crippen LogP contribution in [0.1, 0.15) is 32.1 Å². The fourth-order valence-electron chi connectivity index (χ4n) is 4.71. The second-order valence-corrected chi connectivity index (χ2v) is 10.2. The number of rotatable bonds is 7. The fraction of sp³-hybridized carbons (Fsp3) is 0.600. The van der Waals surface area contributed by atoms with E-state index in [2.05, 4.69) is 35.5 Å². The van der Waals surface area contributed by atoms with E-state index in [1.165, 1.54) is 36.6 Å². The van der Waals surface area contributed by atoms with Gasteiger partial charge in [0.15, 0.2) is 5.82 Å².